The van der Waals surface area contributed by atoms with Gasteiger partial charge >= 0.3 is 0 Å². The van der Waals surface area contributed by atoms with Gasteiger partial charge in [0.05, 0.1) is 33.4 Å². The van der Waals surface area contributed by atoms with Crippen LogP contribution in [0.15, 0.2) is 58.3 Å². The highest BCUT2D eigenvalue weighted by atomic mass is 32.2. The maximum Gasteiger partial charge on any atom is 0.261 e. The number of nitrogens with zero attached hydrogens (tertiary/aromatic N) is 2. The van der Waals surface area contributed by atoms with Crippen molar-refractivity contribution in [3.8, 4) is 0 Å². The van der Waals surface area contributed by atoms with Crippen LogP contribution in [-0.4, -0.2) is 61.0 Å². The van der Waals surface area contributed by atoms with Crippen LogP contribution < -0.4 is 9.62 Å². The molecule has 0 bridgehead atoms. The Morgan fingerprint density at radius 1 is 0.970 bits per heavy atom. The Bertz CT molecular complexity index is 1170. The number of nitrogens with one attached hydrogen (secondary N) is 1. The lowest BCUT2D eigenvalue weighted by Crippen LogP contribution is -2.38. The predicted molar refractivity (Wildman–Crippen MR) is 131 cm³/mol. The molecule has 0 aromatic heterocycles. The Hall–Kier alpha value is -2.14. The number of ether oxygens (including phenoxy) is 1. The standard InChI is InChI=1S/C23H33N3O5S2/c1-23(2)15-14-18(17-31-23)16-26(5)22-9-7-6-8-21(22)24-32(27,28)19-10-12-20(13-11-19)33(29,30)25(3)4/h6-13,18,24H,14-17H2,1-5H3. The van der Waals surface area contributed by atoms with Crippen molar-refractivity contribution in [1.82, 2.24) is 4.31 Å². The van der Waals surface area contributed by atoms with E-state index < -0.39 is 20.0 Å². The van der Waals surface area contributed by atoms with Gasteiger partial charge in [0.15, 0.2) is 0 Å². The molecule has 1 heterocycles. The van der Waals surface area contributed by atoms with Crippen molar-refractivity contribution in [3.63, 3.8) is 0 Å². The second-order valence-electron chi connectivity index (χ2n) is 9.24. The van der Waals surface area contributed by atoms with Gasteiger partial charge in [-0.1, -0.05) is 12.1 Å². The molecule has 10 heteroatoms. The average Bonchev–Trinajstić information content (AvgIpc) is 2.75. The molecule has 1 aliphatic heterocycles. The molecule has 1 aliphatic rings. The summed E-state index contributed by atoms with van der Waals surface area (Å²) in [5.74, 6) is 0.360. The number of rotatable bonds is 8. The monoisotopic (exact) mass is 495 g/mol. The molecule has 182 valence electrons. The molecule has 1 fully saturated rings. The first-order valence-corrected chi connectivity index (χ1v) is 13.7. The highest BCUT2D eigenvalue weighted by molar-refractivity contribution is 7.92. The molecule has 0 aliphatic carbocycles. The summed E-state index contributed by atoms with van der Waals surface area (Å²) in [7, 11) is -2.76. The van der Waals surface area contributed by atoms with Crippen LogP contribution in [0.4, 0.5) is 11.4 Å². The van der Waals surface area contributed by atoms with E-state index in [1.807, 2.05) is 24.1 Å². The van der Waals surface area contributed by atoms with Gasteiger partial charge in [-0.15, -0.1) is 0 Å². The van der Waals surface area contributed by atoms with Crippen molar-refractivity contribution >= 4 is 31.4 Å². The van der Waals surface area contributed by atoms with Crippen LogP contribution in [0.5, 0.6) is 0 Å². The van der Waals surface area contributed by atoms with Crippen molar-refractivity contribution in [2.24, 2.45) is 5.92 Å². The molecule has 1 N–H and O–H groups in total. The molecule has 0 spiro atoms. The van der Waals surface area contributed by atoms with Crippen LogP contribution in [-0.2, 0) is 24.8 Å². The summed E-state index contributed by atoms with van der Waals surface area (Å²) in [6.07, 6.45) is 2.03. The quantitative estimate of drug-likeness (QED) is 0.603. The smallest absolute Gasteiger partial charge is 0.261 e. The number of anilines is 2. The first kappa shape index (κ1) is 25.5. The topological polar surface area (TPSA) is 96.0 Å². The lowest BCUT2D eigenvalue weighted by molar-refractivity contribution is -0.0745. The number of para-hydroxylation sites is 2. The van der Waals surface area contributed by atoms with Crippen LogP contribution in [0.3, 0.4) is 0 Å². The average molecular weight is 496 g/mol. The minimum Gasteiger partial charge on any atom is -0.375 e. The van der Waals surface area contributed by atoms with Crippen molar-refractivity contribution in [3.05, 3.63) is 48.5 Å². The summed E-state index contributed by atoms with van der Waals surface area (Å²) >= 11 is 0. The third-order valence-electron chi connectivity index (χ3n) is 5.87. The molecule has 0 amide bonds. The second-order valence-corrected chi connectivity index (χ2v) is 13.1. The molecule has 8 nitrogen and oxygen atoms in total. The fraction of sp³-hybridized carbons (Fsp3) is 0.478. The van der Waals surface area contributed by atoms with E-state index in [-0.39, 0.29) is 15.4 Å². The van der Waals surface area contributed by atoms with E-state index in [4.69, 9.17) is 4.74 Å². The Balaban J connectivity index is 1.77. The van der Waals surface area contributed by atoms with Crippen molar-refractivity contribution in [2.75, 3.05) is 43.9 Å². The summed E-state index contributed by atoms with van der Waals surface area (Å²) in [5.41, 5.74) is 1.13. The lowest BCUT2D eigenvalue weighted by atomic mass is 9.91. The van der Waals surface area contributed by atoms with E-state index in [0.717, 1.165) is 29.4 Å². The van der Waals surface area contributed by atoms with Gasteiger partial charge in [0.1, 0.15) is 0 Å². The Kier molecular flexibility index (Phi) is 7.42. The molecule has 0 radical (unpaired) electrons. The third kappa shape index (κ3) is 6.06. The highest BCUT2D eigenvalue weighted by Gasteiger charge is 2.28. The minimum absolute atomic E-state index is 0.0134. The van der Waals surface area contributed by atoms with Crippen LogP contribution in [0.1, 0.15) is 26.7 Å². The van der Waals surface area contributed by atoms with Crippen LogP contribution in [0.2, 0.25) is 0 Å². The molecule has 2 aromatic carbocycles. The summed E-state index contributed by atoms with van der Waals surface area (Å²) in [4.78, 5) is 2.06. The number of hydrogen-bond acceptors (Lipinski definition) is 6. The Labute approximate surface area is 197 Å². The molecule has 33 heavy (non-hydrogen) atoms. The largest absolute Gasteiger partial charge is 0.375 e. The molecule has 1 saturated heterocycles. The van der Waals surface area contributed by atoms with E-state index in [1.54, 1.807) is 12.1 Å². The van der Waals surface area contributed by atoms with E-state index >= 15 is 0 Å². The molecule has 1 unspecified atom stereocenters. The van der Waals surface area contributed by atoms with Gasteiger partial charge in [0, 0.05) is 27.7 Å². The summed E-state index contributed by atoms with van der Waals surface area (Å²) in [5, 5.41) is 0. The lowest BCUT2D eigenvalue weighted by Gasteiger charge is -2.37. The minimum atomic E-state index is -3.91. The molecule has 2 aromatic rings. The molecule has 3 rings (SSSR count). The molecular weight excluding hydrogens is 462 g/mol. The van der Waals surface area contributed by atoms with Gasteiger partial charge in [0.2, 0.25) is 10.0 Å². The first-order valence-electron chi connectivity index (χ1n) is 10.8. The normalized spacial score (nSPS) is 18.8. The van der Waals surface area contributed by atoms with E-state index in [0.29, 0.717) is 18.2 Å². The fourth-order valence-electron chi connectivity index (χ4n) is 3.78. The van der Waals surface area contributed by atoms with Gasteiger partial charge in [0.25, 0.3) is 10.0 Å². The van der Waals surface area contributed by atoms with Gasteiger partial charge in [-0.3, -0.25) is 4.72 Å². The van der Waals surface area contributed by atoms with Crippen LogP contribution in [0.25, 0.3) is 0 Å². The summed E-state index contributed by atoms with van der Waals surface area (Å²) in [6.45, 7) is 5.61. The van der Waals surface area contributed by atoms with Crippen LogP contribution >= 0.6 is 0 Å². The van der Waals surface area contributed by atoms with Gasteiger partial charge in [-0.25, -0.2) is 21.1 Å². The van der Waals surface area contributed by atoms with Gasteiger partial charge < -0.3 is 9.64 Å². The zero-order valence-corrected chi connectivity index (χ0v) is 21.4. The second kappa shape index (κ2) is 9.61. The van der Waals surface area contributed by atoms with Crippen LogP contribution in [0, 0.1) is 5.92 Å². The maximum atomic E-state index is 13.0. The number of benzene rings is 2. The Morgan fingerprint density at radius 3 is 2.15 bits per heavy atom. The molecular formula is C23H33N3O5S2. The third-order valence-corrected chi connectivity index (χ3v) is 9.08. The zero-order chi connectivity index (χ0) is 24.4. The zero-order valence-electron chi connectivity index (χ0n) is 19.8. The predicted octanol–water partition coefficient (Wildman–Crippen LogP) is 3.38. The molecule has 0 saturated carbocycles. The summed E-state index contributed by atoms with van der Waals surface area (Å²) in [6, 6.07) is 12.4. The fourth-order valence-corrected chi connectivity index (χ4v) is 5.75. The maximum absolute atomic E-state index is 13.0. The summed E-state index contributed by atoms with van der Waals surface area (Å²) < 4.78 is 60.2. The van der Waals surface area contributed by atoms with Crippen molar-refractivity contribution in [2.45, 2.75) is 42.1 Å². The van der Waals surface area contributed by atoms with Crippen molar-refractivity contribution < 1.29 is 21.6 Å². The Morgan fingerprint density at radius 2 is 1.58 bits per heavy atom. The molecule has 1 atom stereocenters. The van der Waals surface area contributed by atoms with Crippen molar-refractivity contribution in [1.29, 1.82) is 0 Å². The SMILES string of the molecule is CN(CC1CCC(C)(C)OC1)c1ccccc1NS(=O)(=O)c1ccc(S(=O)(=O)N(C)C)cc1. The van der Waals surface area contributed by atoms with E-state index in [9.17, 15) is 16.8 Å². The first-order chi connectivity index (χ1) is 15.3. The van der Waals surface area contributed by atoms with Gasteiger partial charge in [-0.05, 0) is 69.0 Å². The highest BCUT2D eigenvalue weighted by Crippen LogP contribution is 2.31. The number of hydrogen-bond donors (Lipinski definition) is 1. The van der Waals surface area contributed by atoms with Gasteiger partial charge in [-0.2, -0.15) is 0 Å². The van der Waals surface area contributed by atoms with E-state index in [2.05, 4.69) is 18.6 Å². The van der Waals surface area contributed by atoms with E-state index in [1.165, 1.54) is 38.4 Å². The number of sulfonamides is 2.